The molecule has 5 heteroatoms. The van der Waals surface area contributed by atoms with Crippen LogP contribution in [-0.4, -0.2) is 30.3 Å². The second kappa shape index (κ2) is 5.12. The Labute approximate surface area is 106 Å². The average Bonchev–Trinajstić information content (AvgIpc) is 2.67. The Kier molecular flexibility index (Phi) is 3.73. The highest BCUT2D eigenvalue weighted by atomic mass is 16.5. The highest BCUT2D eigenvalue weighted by Gasteiger charge is 2.33. The molecule has 1 heterocycles. The van der Waals surface area contributed by atoms with Crippen molar-refractivity contribution in [1.82, 2.24) is 5.32 Å². The van der Waals surface area contributed by atoms with Gasteiger partial charge in [-0.3, -0.25) is 0 Å². The molecule has 0 atom stereocenters. The van der Waals surface area contributed by atoms with Gasteiger partial charge in [0.1, 0.15) is 17.1 Å². The molecule has 1 aromatic rings. The van der Waals surface area contributed by atoms with Crippen molar-refractivity contribution in [2.24, 2.45) is 0 Å². The van der Waals surface area contributed by atoms with Crippen LogP contribution in [0.3, 0.4) is 0 Å². The van der Waals surface area contributed by atoms with Gasteiger partial charge in [0.2, 0.25) is 0 Å². The van der Waals surface area contributed by atoms with Crippen LogP contribution in [0.1, 0.15) is 41.1 Å². The van der Waals surface area contributed by atoms with Gasteiger partial charge in [-0.15, -0.1) is 0 Å². The summed E-state index contributed by atoms with van der Waals surface area (Å²) in [6.07, 6.45) is 2.79. The zero-order chi connectivity index (χ0) is 13.2. The lowest BCUT2D eigenvalue weighted by Gasteiger charge is -2.36. The number of esters is 1. The maximum absolute atomic E-state index is 11.4. The minimum Gasteiger partial charge on any atom is -0.465 e. The number of rotatable bonds is 5. The van der Waals surface area contributed by atoms with E-state index < -0.39 is 5.60 Å². The highest BCUT2D eigenvalue weighted by Crippen LogP contribution is 2.30. The fourth-order valence-electron chi connectivity index (χ4n) is 2.12. The third-order valence-corrected chi connectivity index (χ3v) is 3.41. The van der Waals surface area contributed by atoms with E-state index in [0.29, 0.717) is 30.2 Å². The standard InChI is InChI=1S/C13H19NO4/c1-9-11(12(15)17-2)6-10(18-9)7-14-8-13(16)4-3-5-13/h6,14,16H,3-5,7-8H2,1-2H3. The third-order valence-electron chi connectivity index (χ3n) is 3.41. The molecule has 0 unspecified atom stereocenters. The zero-order valence-corrected chi connectivity index (χ0v) is 10.8. The van der Waals surface area contributed by atoms with Gasteiger partial charge in [-0.1, -0.05) is 0 Å². The molecule has 18 heavy (non-hydrogen) atoms. The van der Waals surface area contributed by atoms with Crippen molar-refractivity contribution in [3.63, 3.8) is 0 Å². The third kappa shape index (κ3) is 2.73. The van der Waals surface area contributed by atoms with Gasteiger partial charge < -0.3 is 19.6 Å². The Morgan fingerprint density at radius 2 is 2.33 bits per heavy atom. The van der Waals surface area contributed by atoms with E-state index in [4.69, 9.17) is 4.42 Å². The molecule has 1 fully saturated rings. The van der Waals surface area contributed by atoms with Gasteiger partial charge in [0, 0.05) is 6.54 Å². The number of hydrogen-bond acceptors (Lipinski definition) is 5. The largest absolute Gasteiger partial charge is 0.465 e. The molecule has 0 aliphatic heterocycles. The van der Waals surface area contributed by atoms with Crippen molar-refractivity contribution >= 4 is 5.97 Å². The Bertz CT molecular complexity index is 434. The number of ether oxygens (including phenoxy) is 1. The molecule has 0 bridgehead atoms. The summed E-state index contributed by atoms with van der Waals surface area (Å²) in [5, 5.41) is 13.1. The first-order valence-electron chi connectivity index (χ1n) is 6.15. The monoisotopic (exact) mass is 253 g/mol. The molecule has 1 aromatic heterocycles. The molecule has 1 aliphatic rings. The average molecular weight is 253 g/mol. The van der Waals surface area contributed by atoms with E-state index >= 15 is 0 Å². The number of furan rings is 1. The Hall–Kier alpha value is -1.33. The lowest BCUT2D eigenvalue weighted by atomic mass is 9.80. The molecule has 0 spiro atoms. The summed E-state index contributed by atoms with van der Waals surface area (Å²) >= 11 is 0. The van der Waals surface area contributed by atoms with E-state index in [-0.39, 0.29) is 5.97 Å². The smallest absolute Gasteiger partial charge is 0.341 e. The second-order valence-electron chi connectivity index (χ2n) is 4.86. The summed E-state index contributed by atoms with van der Waals surface area (Å²) in [7, 11) is 1.35. The quantitative estimate of drug-likeness (QED) is 0.776. The van der Waals surface area contributed by atoms with Gasteiger partial charge in [-0.25, -0.2) is 4.79 Å². The Morgan fingerprint density at radius 3 is 2.89 bits per heavy atom. The molecule has 100 valence electrons. The molecular weight excluding hydrogens is 234 g/mol. The first-order chi connectivity index (χ1) is 8.54. The highest BCUT2D eigenvalue weighted by molar-refractivity contribution is 5.90. The summed E-state index contributed by atoms with van der Waals surface area (Å²) in [6.45, 7) is 2.79. The number of hydrogen-bond donors (Lipinski definition) is 2. The van der Waals surface area contributed by atoms with Gasteiger partial charge in [0.05, 0.1) is 19.3 Å². The molecule has 1 aliphatic carbocycles. The number of carbonyl (C=O) groups is 1. The zero-order valence-electron chi connectivity index (χ0n) is 10.8. The molecular formula is C13H19NO4. The fraction of sp³-hybridized carbons (Fsp3) is 0.615. The van der Waals surface area contributed by atoms with Crippen molar-refractivity contribution in [2.75, 3.05) is 13.7 Å². The maximum Gasteiger partial charge on any atom is 0.341 e. The van der Waals surface area contributed by atoms with Crippen molar-refractivity contribution < 1.29 is 19.1 Å². The van der Waals surface area contributed by atoms with Crippen LogP contribution in [0.5, 0.6) is 0 Å². The molecule has 0 amide bonds. The van der Waals surface area contributed by atoms with Crippen LogP contribution in [0.4, 0.5) is 0 Å². The summed E-state index contributed by atoms with van der Waals surface area (Å²) < 4.78 is 10.1. The van der Waals surface area contributed by atoms with E-state index in [1.54, 1.807) is 13.0 Å². The van der Waals surface area contributed by atoms with Crippen LogP contribution in [0, 0.1) is 6.92 Å². The molecule has 0 radical (unpaired) electrons. The predicted octanol–water partition coefficient (Wildman–Crippen LogP) is 1.38. The fourth-order valence-corrected chi connectivity index (χ4v) is 2.12. The van der Waals surface area contributed by atoms with E-state index in [2.05, 4.69) is 10.1 Å². The van der Waals surface area contributed by atoms with E-state index in [1.165, 1.54) is 7.11 Å². The predicted molar refractivity (Wildman–Crippen MR) is 65.3 cm³/mol. The van der Waals surface area contributed by atoms with Crippen LogP contribution < -0.4 is 5.32 Å². The van der Waals surface area contributed by atoms with E-state index in [9.17, 15) is 9.90 Å². The van der Waals surface area contributed by atoms with E-state index in [1.807, 2.05) is 0 Å². The second-order valence-corrected chi connectivity index (χ2v) is 4.86. The maximum atomic E-state index is 11.4. The number of aliphatic hydroxyl groups is 1. The van der Waals surface area contributed by atoms with Gasteiger partial charge >= 0.3 is 5.97 Å². The minimum atomic E-state index is -0.549. The molecule has 2 N–H and O–H groups in total. The topological polar surface area (TPSA) is 71.7 Å². The van der Waals surface area contributed by atoms with Crippen molar-refractivity contribution in [3.05, 3.63) is 23.2 Å². The van der Waals surface area contributed by atoms with Crippen molar-refractivity contribution in [3.8, 4) is 0 Å². The summed E-state index contributed by atoms with van der Waals surface area (Å²) in [6, 6.07) is 1.68. The number of aryl methyl sites for hydroxylation is 1. The van der Waals surface area contributed by atoms with Crippen molar-refractivity contribution in [2.45, 2.75) is 38.3 Å². The Morgan fingerprint density at radius 1 is 1.61 bits per heavy atom. The van der Waals surface area contributed by atoms with Crippen LogP contribution in [0.15, 0.2) is 10.5 Å². The minimum absolute atomic E-state index is 0.389. The SMILES string of the molecule is COC(=O)c1cc(CNCC2(O)CCC2)oc1C. The lowest BCUT2D eigenvalue weighted by Crippen LogP contribution is -2.45. The molecule has 5 nitrogen and oxygen atoms in total. The molecule has 0 saturated heterocycles. The summed E-state index contributed by atoms with van der Waals surface area (Å²) in [4.78, 5) is 11.4. The number of methoxy groups -OCH3 is 1. The molecule has 2 rings (SSSR count). The molecule has 0 aromatic carbocycles. The van der Waals surface area contributed by atoms with Gasteiger partial charge in [0.25, 0.3) is 0 Å². The first kappa shape index (κ1) is 13.1. The van der Waals surface area contributed by atoms with Gasteiger partial charge in [-0.2, -0.15) is 0 Å². The lowest BCUT2D eigenvalue weighted by molar-refractivity contribution is -0.0317. The van der Waals surface area contributed by atoms with Crippen LogP contribution in [0.25, 0.3) is 0 Å². The Balaban J connectivity index is 1.88. The summed E-state index contributed by atoms with van der Waals surface area (Å²) in [5.41, 5.74) is -0.0936. The van der Waals surface area contributed by atoms with E-state index in [0.717, 1.165) is 19.3 Å². The number of nitrogens with one attached hydrogen (secondary N) is 1. The van der Waals surface area contributed by atoms with Crippen LogP contribution >= 0.6 is 0 Å². The van der Waals surface area contributed by atoms with Crippen molar-refractivity contribution in [1.29, 1.82) is 0 Å². The molecule has 1 saturated carbocycles. The van der Waals surface area contributed by atoms with Gasteiger partial charge in [0.15, 0.2) is 0 Å². The normalized spacial score (nSPS) is 17.3. The van der Waals surface area contributed by atoms with Crippen LogP contribution in [-0.2, 0) is 11.3 Å². The van der Waals surface area contributed by atoms with Crippen LogP contribution in [0.2, 0.25) is 0 Å². The number of carbonyl (C=O) groups excluding carboxylic acids is 1. The first-order valence-corrected chi connectivity index (χ1v) is 6.15. The summed E-state index contributed by atoms with van der Waals surface area (Å²) in [5.74, 6) is 0.844. The van der Waals surface area contributed by atoms with Gasteiger partial charge in [-0.05, 0) is 32.3 Å².